The van der Waals surface area contributed by atoms with Gasteiger partial charge in [0.25, 0.3) is 0 Å². The average Bonchev–Trinajstić information content (AvgIpc) is 3.75. The third-order valence-corrected chi connectivity index (χ3v) is 11.7. The molecule has 0 radical (unpaired) electrons. The van der Waals surface area contributed by atoms with Crippen LogP contribution in [0.3, 0.4) is 0 Å². The first-order chi connectivity index (χ1) is 25.3. The van der Waals surface area contributed by atoms with E-state index in [0.29, 0.717) is 0 Å². The smallest absolute Gasteiger partial charge is 0.0782 e. The fourth-order valence-electron chi connectivity index (χ4n) is 8.30. The van der Waals surface area contributed by atoms with E-state index in [9.17, 15) is 0 Å². The number of fused-ring (bicyclic) bond motifs is 12. The summed E-state index contributed by atoms with van der Waals surface area (Å²) in [5.41, 5.74) is 6.91. The normalized spacial score (nSPS) is 11.9. The Hall–Kier alpha value is -6.42. The molecule has 51 heavy (non-hydrogen) atoms. The third-order valence-electron chi connectivity index (χ3n) is 10.5. The molecule has 0 aliphatic heterocycles. The molecule has 3 heteroatoms. The van der Waals surface area contributed by atoms with Gasteiger partial charge >= 0.3 is 0 Å². The van der Waals surface area contributed by atoms with Gasteiger partial charge in [0.2, 0.25) is 0 Å². The molecule has 2 aromatic heterocycles. The largest absolute Gasteiger partial charge is 0.308 e. The van der Waals surface area contributed by atoms with E-state index in [1.54, 1.807) is 0 Å². The molecule has 9 aromatic carbocycles. The van der Waals surface area contributed by atoms with Gasteiger partial charge in [0, 0.05) is 53.4 Å². The van der Waals surface area contributed by atoms with Gasteiger partial charge in [-0.05, 0) is 81.5 Å². The lowest BCUT2D eigenvalue weighted by Crippen LogP contribution is -2.11. The molecule has 0 aliphatic carbocycles. The van der Waals surface area contributed by atoms with Crippen molar-refractivity contribution in [3.05, 3.63) is 182 Å². The summed E-state index contributed by atoms with van der Waals surface area (Å²) in [6.07, 6.45) is 0. The number of hydrogen-bond acceptors (Lipinski definition) is 2. The van der Waals surface area contributed by atoms with Gasteiger partial charge in [-0.2, -0.15) is 0 Å². The van der Waals surface area contributed by atoms with Crippen molar-refractivity contribution in [2.75, 3.05) is 4.90 Å². The van der Waals surface area contributed by atoms with Gasteiger partial charge in [0.05, 0.1) is 16.7 Å². The lowest BCUT2D eigenvalue weighted by atomic mass is 9.95. The van der Waals surface area contributed by atoms with E-state index in [0.717, 1.165) is 22.7 Å². The molecule has 0 fully saturated rings. The number of aromatic nitrogens is 1. The zero-order valence-electron chi connectivity index (χ0n) is 27.6. The summed E-state index contributed by atoms with van der Waals surface area (Å²) in [4.78, 5) is 2.43. The Bertz CT molecular complexity index is 3140. The Morgan fingerprint density at radius 3 is 1.90 bits per heavy atom. The summed E-state index contributed by atoms with van der Waals surface area (Å²) in [6, 6.07) is 66.6. The van der Waals surface area contributed by atoms with Crippen LogP contribution in [-0.2, 0) is 0 Å². The highest BCUT2D eigenvalue weighted by molar-refractivity contribution is 7.26. The van der Waals surface area contributed by atoms with Crippen LogP contribution in [0.15, 0.2) is 182 Å². The fourth-order valence-corrected chi connectivity index (χ4v) is 9.57. The van der Waals surface area contributed by atoms with Crippen molar-refractivity contribution in [2.45, 2.75) is 0 Å². The number of hydrogen-bond donors (Lipinski definition) is 0. The summed E-state index contributed by atoms with van der Waals surface area (Å²) in [5.74, 6) is 0. The molecule has 0 N–H and O–H groups in total. The van der Waals surface area contributed by atoms with Gasteiger partial charge in [0.1, 0.15) is 0 Å². The lowest BCUT2D eigenvalue weighted by Gasteiger charge is -2.27. The molecule has 0 atom stereocenters. The summed E-state index contributed by atoms with van der Waals surface area (Å²) in [7, 11) is 0. The molecule has 0 saturated heterocycles. The predicted molar refractivity (Wildman–Crippen MR) is 221 cm³/mol. The minimum absolute atomic E-state index is 1.12. The van der Waals surface area contributed by atoms with E-state index in [-0.39, 0.29) is 0 Å². The van der Waals surface area contributed by atoms with Crippen molar-refractivity contribution in [1.82, 2.24) is 4.57 Å². The Balaban J connectivity index is 1.20. The van der Waals surface area contributed by atoms with Crippen molar-refractivity contribution in [3.63, 3.8) is 0 Å². The first-order valence-corrected chi connectivity index (χ1v) is 18.3. The maximum atomic E-state index is 2.43. The minimum atomic E-state index is 1.12. The topological polar surface area (TPSA) is 8.17 Å². The van der Waals surface area contributed by atoms with Crippen LogP contribution in [0.2, 0.25) is 0 Å². The third kappa shape index (κ3) is 4.22. The van der Waals surface area contributed by atoms with E-state index in [1.807, 2.05) is 11.3 Å². The molecule has 0 amide bonds. The summed E-state index contributed by atoms with van der Waals surface area (Å²) in [6.45, 7) is 0. The van der Waals surface area contributed by atoms with Crippen LogP contribution in [0.25, 0.3) is 80.0 Å². The fraction of sp³-hybridized carbons (Fsp3) is 0. The molecule has 11 rings (SSSR count). The minimum Gasteiger partial charge on any atom is -0.308 e. The van der Waals surface area contributed by atoms with E-state index >= 15 is 0 Å². The van der Waals surface area contributed by atoms with Crippen molar-refractivity contribution >= 4 is 103 Å². The monoisotopic (exact) mass is 666 g/mol. The van der Waals surface area contributed by atoms with Gasteiger partial charge in [-0.3, -0.25) is 0 Å². The van der Waals surface area contributed by atoms with Crippen LogP contribution in [0.5, 0.6) is 0 Å². The SMILES string of the molecule is c1ccc(N(c2ccc3c(ccc4ccc5ccc6c7ccccc7sc6c5c43)c2)c2cccc3c4ccccc4n(-c4ccccc4)c23)cc1. The molecule has 2 heterocycles. The molecular formula is C48H30N2S. The van der Waals surface area contributed by atoms with E-state index in [4.69, 9.17) is 0 Å². The van der Waals surface area contributed by atoms with Crippen LogP contribution >= 0.6 is 11.3 Å². The van der Waals surface area contributed by atoms with Gasteiger partial charge in [-0.1, -0.05) is 127 Å². The highest BCUT2D eigenvalue weighted by Crippen LogP contribution is 2.46. The number of benzene rings is 9. The molecule has 0 aliphatic rings. The average molecular weight is 667 g/mol. The number of nitrogens with zero attached hydrogens (tertiary/aromatic N) is 2. The van der Waals surface area contributed by atoms with Crippen LogP contribution < -0.4 is 4.90 Å². The maximum absolute atomic E-state index is 2.43. The number of para-hydroxylation sites is 4. The van der Waals surface area contributed by atoms with Crippen LogP contribution in [0, 0.1) is 0 Å². The van der Waals surface area contributed by atoms with Gasteiger partial charge < -0.3 is 9.47 Å². The highest BCUT2D eigenvalue weighted by atomic mass is 32.1. The first-order valence-electron chi connectivity index (χ1n) is 17.4. The number of thiophene rings is 1. The van der Waals surface area contributed by atoms with Gasteiger partial charge in [-0.25, -0.2) is 0 Å². The van der Waals surface area contributed by atoms with E-state index in [1.165, 1.54) is 74.3 Å². The van der Waals surface area contributed by atoms with Crippen molar-refractivity contribution < 1.29 is 0 Å². The molecule has 238 valence electrons. The zero-order chi connectivity index (χ0) is 33.5. The zero-order valence-corrected chi connectivity index (χ0v) is 28.4. The molecule has 0 spiro atoms. The molecule has 0 saturated carbocycles. The Morgan fingerprint density at radius 1 is 0.412 bits per heavy atom. The lowest BCUT2D eigenvalue weighted by molar-refractivity contribution is 1.17. The van der Waals surface area contributed by atoms with Gasteiger partial charge in [-0.15, -0.1) is 11.3 Å². The quantitative estimate of drug-likeness (QED) is 0.170. The second-order valence-corrected chi connectivity index (χ2v) is 14.4. The summed E-state index contributed by atoms with van der Waals surface area (Å²) < 4.78 is 5.12. The van der Waals surface area contributed by atoms with E-state index in [2.05, 4.69) is 191 Å². The molecule has 11 aromatic rings. The maximum Gasteiger partial charge on any atom is 0.0782 e. The first kappa shape index (κ1) is 28.4. The summed E-state index contributed by atoms with van der Waals surface area (Å²) in [5, 5.41) is 12.9. The number of rotatable bonds is 4. The van der Waals surface area contributed by atoms with Crippen LogP contribution in [0.1, 0.15) is 0 Å². The van der Waals surface area contributed by atoms with Crippen LogP contribution in [-0.4, -0.2) is 4.57 Å². The molecule has 0 unspecified atom stereocenters. The molecule has 2 nitrogen and oxygen atoms in total. The molecular weight excluding hydrogens is 637 g/mol. The number of anilines is 3. The van der Waals surface area contributed by atoms with Crippen LogP contribution in [0.4, 0.5) is 17.1 Å². The second kappa shape index (κ2) is 11.0. The van der Waals surface area contributed by atoms with Crippen molar-refractivity contribution in [3.8, 4) is 5.69 Å². The van der Waals surface area contributed by atoms with Crippen molar-refractivity contribution in [2.24, 2.45) is 0 Å². The Kier molecular flexibility index (Phi) is 6.16. The standard InChI is InChI=1S/C48H30N2S/c1-3-12-34(13-4-1)49(43-20-11-18-40-38-16-7-9-19-42(38)50(47(40)43)35-14-5-2-6-15-35)36-27-29-37-33(30-36)25-24-31-22-23-32-26-28-41-39-17-8-10-21-44(39)51-48(41)46(32)45(31)37/h1-30H. The predicted octanol–water partition coefficient (Wildman–Crippen LogP) is 14.1. The van der Waals surface area contributed by atoms with Crippen molar-refractivity contribution in [1.29, 1.82) is 0 Å². The van der Waals surface area contributed by atoms with Gasteiger partial charge in [0.15, 0.2) is 0 Å². The Labute approximate surface area is 298 Å². The second-order valence-electron chi connectivity index (χ2n) is 13.3. The summed E-state index contributed by atoms with van der Waals surface area (Å²) >= 11 is 1.91. The van der Waals surface area contributed by atoms with E-state index < -0.39 is 0 Å². The molecule has 0 bridgehead atoms. The Morgan fingerprint density at radius 2 is 1.06 bits per heavy atom. The highest BCUT2D eigenvalue weighted by Gasteiger charge is 2.22.